The SMILES string of the molecule is Cc1cnc(NC(=O)Cc2ccc(NS(=O)(=O)c3ccc(Cl)c(Cl)c3)cc2)s1. The molecule has 146 valence electrons. The zero-order valence-corrected chi connectivity index (χ0v) is 17.7. The predicted octanol–water partition coefficient (Wildman–Crippen LogP) is 4.74. The summed E-state index contributed by atoms with van der Waals surface area (Å²) in [6, 6.07) is 10.6. The summed E-state index contributed by atoms with van der Waals surface area (Å²) in [5.41, 5.74) is 1.11. The van der Waals surface area contributed by atoms with Gasteiger partial charge in [0, 0.05) is 16.8 Å². The van der Waals surface area contributed by atoms with Gasteiger partial charge in [-0.25, -0.2) is 13.4 Å². The van der Waals surface area contributed by atoms with Crippen molar-refractivity contribution in [2.45, 2.75) is 18.2 Å². The zero-order chi connectivity index (χ0) is 20.3. The van der Waals surface area contributed by atoms with Crippen molar-refractivity contribution in [3.05, 3.63) is 69.1 Å². The van der Waals surface area contributed by atoms with Crippen LogP contribution in [-0.2, 0) is 21.2 Å². The van der Waals surface area contributed by atoms with Crippen LogP contribution in [0.1, 0.15) is 10.4 Å². The minimum Gasteiger partial charge on any atom is -0.302 e. The average molecular weight is 456 g/mol. The lowest BCUT2D eigenvalue weighted by Gasteiger charge is -2.09. The van der Waals surface area contributed by atoms with Gasteiger partial charge in [-0.2, -0.15) is 0 Å². The van der Waals surface area contributed by atoms with Crippen LogP contribution in [0.5, 0.6) is 0 Å². The molecule has 2 N–H and O–H groups in total. The van der Waals surface area contributed by atoms with Gasteiger partial charge in [0.1, 0.15) is 0 Å². The zero-order valence-electron chi connectivity index (χ0n) is 14.6. The molecule has 0 radical (unpaired) electrons. The number of amides is 1. The molecule has 6 nitrogen and oxygen atoms in total. The van der Waals surface area contributed by atoms with Crippen molar-refractivity contribution in [1.82, 2.24) is 4.98 Å². The van der Waals surface area contributed by atoms with E-state index in [1.807, 2.05) is 6.92 Å². The highest BCUT2D eigenvalue weighted by atomic mass is 35.5. The number of nitrogens with one attached hydrogen (secondary N) is 2. The molecule has 1 heterocycles. The summed E-state index contributed by atoms with van der Waals surface area (Å²) >= 11 is 13.1. The quantitative estimate of drug-likeness (QED) is 0.561. The molecule has 10 heteroatoms. The molecule has 3 rings (SSSR count). The monoisotopic (exact) mass is 455 g/mol. The number of carbonyl (C=O) groups is 1. The first-order valence-electron chi connectivity index (χ1n) is 8.02. The molecule has 2 aromatic carbocycles. The fourth-order valence-electron chi connectivity index (χ4n) is 2.31. The Kier molecular flexibility index (Phi) is 6.24. The van der Waals surface area contributed by atoms with Crippen LogP contribution in [0.3, 0.4) is 0 Å². The van der Waals surface area contributed by atoms with Crippen molar-refractivity contribution in [2.75, 3.05) is 10.0 Å². The van der Waals surface area contributed by atoms with Crippen molar-refractivity contribution < 1.29 is 13.2 Å². The highest BCUT2D eigenvalue weighted by molar-refractivity contribution is 7.92. The average Bonchev–Trinajstić information content (AvgIpc) is 3.03. The lowest BCUT2D eigenvalue weighted by atomic mass is 10.1. The first-order chi connectivity index (χ1) is 13.2. The second-order valence-electron chi connectivity index (χ2n) is 5.88. The van der Waals surface area contributed by atoms with Gasteiger partial charge in [-0.1, -0.05) is 35.3 Å². The molecule has 0 aliphatic carbocycles. The molecule has 0 fully saturated rings. The normalized spacial score (nSPS) is 11.2. The number of anilines is 2. The molecule has 3 aromatic rings. The van der Waals surface area contributed by atoms with E-state index >= 15 is 0 Å². The number of nitrogens with zero attached hydrogens (tertiary/aromatic N) is 1. The summed E-state index contributed by atoms with van der Waals surface area (Å²) < 4.78 is 27.4. The van der Waals surface area contributed by atoms with Gasteiger partial charge < -0.3 is 5.32 Å². The molecule has 0 spiro atoms. The molecule has 1 amide bonds. The molecule has 1 aromatic heterocycles. The van der Waals surface area contributed by atoms with Crippen LogP contribution in [0.2, 0.25) is 10.0 Å². The smallest absolute Gasteiger partial charge is 0.261 e. The van der Waals surface area contributed by atoms with Gasteiger partial charge in [0.25, 0.3) is 10.0 Å². The number of benzene rings is 2. The van der Waals surface area contributed by atoms with Gasteiger partial charge in [-0.05, 0) is 42.8 Å². The highest BCUT2D eigenvalue weighted by Gasteiger charge is 2.16. The van der Waals surface area contributed by atoms with Crippen LogP contribution >= 0.6 is 34.5 Å². The van der Waals surface area contributed by atoms with E-state index in [0.717, 1.165) is 10.4 Å². The maximum absolute atomic E-state index is 12.5. The molecule has 0 saturated heterocycles. The largest absolute Gasteiger partial charge is 0.302 e. The topological polar surface area (TPSA) is 88.2 Å². The third kappa shape index (κ3) is 5.23. The molecule has 0 unspecified atom stereocenters. The minimum absolute atomic E-state index is 0.00379. The molecule has 0 atom stereocenters. The number of sulfonamides is 1. The number of rotatable bonds is 6. The van der Waals surface area contributed by atoms with E-state index in [-0.39, 0.29) is 27.3 Å². The Bertz CT molecular complexity index is 1110. The number of thiazole rings is 1. The number of aromatic nitrogens is 1. The summed E-state index contributed by atoms with van der Waals surface area (Å²) in [5.74, 6) is -0.196. The van der Waals surface area contributed by atoms with Crippen molar-refractivity contribution in [1.29, 1.82) is 0 Å². The van der Waals surface area contributed by atoms with Crippen LogP contribution in [0, 0.1) is 6.92 Å². The van der Waals surface area contributed by atoms with Crippen LogP contribution in [0.4, 0.5) is 10.8 Å². The third-order valence-corrected chi connectivity index (χ3v) is 6.59. The lowest BCUT2D eigenvalue weighted by Crippen LogP contribution is -2.15. The lowest BCUT2D eigenvalue weighted by molar-refractivity contribution is -0.115. The van der Waals surface area contributed by atoms with Crippen LogP contribution in [-0.4, -0.2) is 19.3 Å². The summed E-state index contributed by atoms with van der Waals surface area (Å²) in [4.78, 5) is 17.2. The molecular weight excluding hydrogens is 441 g/mol. The Labute approximate surface area is 176 Å². The predicted molar refractivity (Wildman–Crippen MR) is 113 cm³/mol. The molecule has 28 heavy (non-hydrogen) atoms. The third-order valence-electron chi connectivity index (χ3n) is 3.64. The van der Waals surface area contributed by atoms with Crippen molar-refractivity contribution >= 4 is 61.3 Å². The first-order valence-corrected chi connectivity index (χ1v) is 11.1. The summed E-state index contributed by atoms with van der Waals surface area (Å²) in [6.45, 7) is 1.91. The van der Waals surface area contributed by atoms with E-state index in [9.17, 15) is 13.2 Å². The number of hydrogen-bond acceptors (Lipinski definition) is 5. The molecule has 0 bridgehead atoms. The van der Waals surface area contributed by atoms with E-state index < -0.39 is 10.0 Å². The van der Waals surface area contributed by atoms with Crippen LogP contribution in [0.25, 0.3) is 0 Å². The Morgan fingerprint density at radius 2 is 1.82 bits per heavy atom. The number of carbonyl (C=O) groups excluding carboxylic acids is 1. The van der Waals surface area contributed by atoms with Crippen LogP contribution < -0.4 is 10.0 Å². The van der Waals surface area contributed by atoms with Gasteiger partial charge in [0.2, 0.25) is 5.91 Å². The summed E-state index contributed by atoms with van der Waals surface area (Å²) in [7, 11) is -3.81. The Morgan fingerprint density at radius 3 is 2.43 bits per heavy atom. The number of hydrogen-bond donors (Lipinski definition) is 2. The molecular formula is C18H15Cl2N3O3S2. The second-order valence-corrected chi connectivity index (χ2v) is 9.61. The Morgan fingerprint density at radius 1 is 1.11 bits per heavy atom. The van der Waals surface area contributed by atoms with Gasteiger partial charge in [-0.15, -0.1) is 11.3 Å². The van der Waals surface area contributed by atoms with E-state index in [4.69, 9.17) is 23.2 Å². The van der Waals surface area contributed by atoms with Gasteiger partial charge >= 0.3 is 0 Å². The van der Waals surface area contributed by atoms with Gasteiger partial charge in [-0.3, -0.25) is 9.52 Å². The Balaban J connectivity index is 1.65. The maximum atomic E-state index is 12.5. The van der Waals surface area contributed by atoms with Crippen LogP contribution in [0.15, 0.2) is 53.6 Å². The first kappa shape index (κ1) is 20.6. The van der Waals surface area contributed by atoms with Gasteiger partial charge in [0.05, 0.1) is 21.4 Å². The number of aryl methyl sites for hydroxylation is 1. The standard InChI is InChI=1S/C18H15Cl2N3O3S2/c1-11-10-21-18(27-11)22-17(24)8-12-2-4-13(5-3-12)23-28(25,26)14-6-7-15(19)16(20)9-14/h2-7,9-10,23H,8H2,1H3,(H,21,22,24). The second kappa shape index (κ2) is 8.48. The fourth-order valence-corrected chi connectivity index (χ4v) is 4.44. The van der Waals surface area contributed by atoms with E-state index in [2.05, 4.69) is 15.0 Å². The van der Waals surface area contributed by atoms with E-state index in [0.29, 0.717) is 10.8 Å². The van der Waals surface area contributed by atoms with Gasteiger partial charge in [0.15, 0.2) is 5.13 Å². The van der Waals surface area contributed by atoms with Crippen molar-refractivity contribution in [3.8, 4) is 0 Å². The molecule has 0 aliphatic rings. The fraction of sp³-hybridized carbons (Fsp3) is 0.111. The highest BCUT2D eigenvalue weighted by Crippen LogP contribution is 2.26. The van der Waals surface area contributed by atoms with E-state index in [1.54, 1.807) is 30.5 Å². The van der Waals surface area contributed by atoms with E-state index in [1.165, 1.54) is 29.5 Å². The summed E-state index contributed by atoms with van der Waals surface area (Å²) in [5, 5.41) is 3.71. The van der Waals surface area contributed by atoms with Crippen molar-refractivity contribution in [2.24, 2.45) is 0 Å². The Hall–Kier alpha value is -2.13. The molecule has 0 saturated carbocycles. The minimum atomic E-state index is -3.81. The molecule has 0 aliphatic heterocycles. The maximum Gasteiger partial charge on any atom is 0.261 e. The van der Waals surface area contributed by atoms with Crippen molar-refractivity contribution in [3.63, 3.8) is 0 Å². The number of halogens is 2. The summed E-state index contributed by atoms with van der Waals surface area (Å²) in [6.07, 6.45) is 1.84.